The fourth-order valence-corrected chi connectivity index (χ4v) is 1.23. The zero-order chi connectivity index (χ0) is 12.0. The Hall–Kier alpha value is -1.89. The summed E-state index contributed by atoms with van der Waals surface area (Å²) in [5.74, 6) is 0.558. The lowest BCUT2D eigenvalue weighted by Crippen LogP contribution is -2.20. The Bertz CT molecular complexity index is 397. The Morgan fingerprint density at radius 1 is 1.56 bits per heavy atom. The number of hydrogen-bond donors (Lipinski definition) is 3. The fourth-order valence-electron chi connectivity index (χ4n) is 1.07. The number of nitrogens with two attached hydrogens (primary N) is 2. The lowest BCUT2D eigenvalue weighted by molar-refractivity contribution is 0.161. The molecule has 16 heavy (non-hydrogen) atoms. The predicted octanol–water partition coefficient (Wildman–Crippen LogP) is 0.223. The van der Waals surface area contributed by atoms with Crippen LogP contribution >= 0.6 is 12.2 Å². The summed E-state index contributed by atoms with van der Waals surface area (Å²) in [6.45, 7) is 0.540. The van der Waals surface area contributed by atoms with Crippen molar-refractivity contribution in [1.29, 1.82) is 0 Å². The number of anilines is 1. The third kappa shape index (κ3) is 3.70. The molecule has 0 aliphatic heterocycles. The molecule has 0 aliphatic carbocycles. The lowest BCUT2D eigenvalue weighted by atomic mass is 10.2. The van der Waals surface area contributed by atoms with Crippen LogP contribution in [0.4, 0.5) is 10.6 Å². The Labute approximate surface area is 98.0 Å². The van der Waals surface area contributed by atoms with Crippen LogP contribution in [0.15, 0.2) is 18.3 Å². The molecule has 1 heterocycles. The number of thiocarbonyl (C=S) groups is 1. The molecule has 0 atom stereocenters. The molecule has 6 nitrogen and oxygen atoms in total. The van der Waals surface area contributed by atoms with Gasteiger partial charge in [0.15, 0.2) is 0 Å². The summed E-state index contributed by atoms with van der Waals surface area (Å²) in [4.78, 5) is 14.6. The van der Waals surface area contributed by atoms with E-state index in [4.69, 9.17) is 23.7 Å². The number of ether oxygens (including phenoxy) is 1. The third-order valence-corrected chi connectivity index (χ3v) is 1.93. The van der Waals surface area contributed by atoms with Crippen LogP contribution in [0, 0.1) is 0 Å². The summed E-state index contributed by atoms with van der Waals surface area (Å²) in [6, 6.07) is 3.49. The Kier molecular flexibility index (Phi) is 4.46. The number of amides is 1. The first-order chi connectivity index (χ1) is 7.61. The average Bonchev–Trinajstić information content (AvgIpc) is 2.24. The molecule has 0 aromatic carbocycles. The molecular weight excluding hydrogens is 228 g/mol. The van der Waals surface area contributed by atoms with E-state index in [1.54, 1.807) is 18.3 Å². The average molecular weight is 240 g/mol. The minimum absolute atomic E-state index is 0.155. The summed E-state index contributed by atoms with van der Waals surface area (Å²) in [5.41, 5.74) is 11.0. The Morgan fingerprint density at radius 3 is 2.94 bits per heavy atom. The number of nitrogens with one attached hydrogen (secondary N) is 1. The maximum Gasteiger partial charge on any atom is 0.404 e. The quantitative estimate of drug-likeness (QED) is 0.502. The van der Waals surface area contributed by atoms with Crippen molar-refractivity contribution in [3.63, 3.8) is 0 Å². The van der Waals surface area contributed by atoms with E-state index in [0.29, 0.717) is 17.9 Å². The van der Waals surface area contributed by atoms with Gasteiger partial charge in [0.2, 0.25) is 0 Å². The number of rotatable bonds is 5. The van der Waals surface area contributed by atoms with Crippen LogP contribution < -0.4 is 16.8 Å². The van der Waals surface area contributed by atoms with Crippen LogP contribution in [0.1, 0.15) is 5.56 Å². The van der Waals surface area contributed by atoms with Crippen molar-refractivity contribution in [3.05, 3.63) is 23.9 Å². The molecule has 1 aromatic heterocycles. The molecule has 1 amide bonds. The van der Waals surface area contributed by atoms with Gasteiger partial charge in [-0.05, 0) is 12.1 Å². The van der Waals surface area contributed by atoms with Crippen LogP contribution in [0.25, 0.3) is 0 Å². The van der Waals surface area contributed by atoms with Crippen molar-refractivity contribution in [2.45, 2.75) is 0 Å². The SMILES string of the molecule is NC(=O)OCCNc1ncccc1C(N)=S. The predicted molar refractivity (Wildman–Crippen MR) is 64.1 cm³/mol. The van der Waals surface area contributed by atoms with E-state index in [-0.39, 0.29) is 11.6 Å². The summed E-state index contributed by atoms with van der Waals surface area (Å²) < 4.78 is 4.55. The monoisotopic (exact) mass is 240 g/mol. The van der Waals surface area contributed by atoms with Crippen molar-refractivity contribution < 1.29 is 9.53 Å². The van der Waals surface area contributed by atoms with Crippen LogP contribution in [0.2, 0.25) is 0 Å². The number of pyridine rings is 1. The second kappa shape index (κ2) is 5.86. The fraction of sp³-hybridized carbons (Fsp3) is 0.222. The molecule has 0 bridgehead atoms. The van der Waals surface area contributed by atoms with Gasteiger partial charge >= 0.3 is 6.09 Å². The van der Waals surface area contributed by atoms with Gasteiger partial charge in [0.05, 0.1) is 12.1 Å². The standard InChI is InChI=1S/C9H12N4O2S/c10-7(16)6-2-1-3-12-8(6)13-4-5-15-9(11)14/h1-3H,4-5H2,(H2,10,16)(H2,11,14)(H,12,13). The lowest BCUT2D eigenvalue weighted by Gasteiger charge is -2.09. The highest BCUT2D eigenvalue weighted by Crippen LogP contribution is 2.10. The molecule has 1 rings (SSSR count). The van der Waals surface area contributed by atoms with Gasteiger partial charge in [-0.15, -0.1) is 0 Å². The highest BCUT2D eigenvalue weighted by atomic mass is 32.1. The van der Waals surface area contributed by atoms with Crippen LogP contribution in [-0.2, 0) is 4.74 Å². The summed E-state index contributed by atoms with van der Waals surface area (Å²) in [7, 11) is 0. The number of carbonyl (C=O) groups is 1. The first-order valence-corrected chi connectivity index (χ1v) is 4.93. The Morgan fingerprint density at radius 2 is 2.31 bits per heavy atom. The molecule has 7 heteroatoms. The van der Waals surface area contributed by atoms with Gasteiger partial charge < -0.3 is 21.5 Å². The summed E-state index contributed by atoms with van der Waals surface area (Å²) >= 11 is 4.86. The summed E-state index contributed by atoms with van der Waals surface area (Å²) in [6.07, 6.45) is 0.802. The highest BCUT2D eigenvalue weighted by Gasteiger charge is 2.04. The van der Waals surface area contributed by atoms with Gasteiger partial charge in [-0.2, -0.15) is 0 Å². The van der Waals surface area contributed by atoms with E-state index >= 15 is 0 Å². The van der Waals surface area contributed by atoms with E-state index in [0.717, 1.165) is 0 Å². The smallest absolute Gasteiger partial charge is 0.404 e. The van der Waals surface area contributed by atoms with Gasteiger partial charge in [-0.25, -0.2) is 9.78 Å². The van der Waals surface area contributed by atoms with Crippen molar-refractivity contribution in [2.24, 2.45) is 11.5 Å². The van der Waals surface area contributed by atoms with Gasteiger partial charge in [-0.3, -0.25) is 0 Å². The zero-order valence-corrected chi connectivity index (χ0v) is 9.29. The van der Waals surface area contributed by atoms with Gasteiger partial charge in [-0.1, -0.05) is 12.2 Å². The van der Waals surface area contributed by atoms with Crippen LogP contribution in [0.5, 0.6) is 0 Å². The molecule has 0 spiro atoms. The largest absolute Gasteiger partial charge is 0.448 e. The minimum Gasteiger partial charge on any atom is -0.448 e. The molecule has 0 fully saturated rings. The van der Waals surface area contributed by atoms with Crippen LogP contribution in [0.3, 0.4) is 0 Å². The molecule has 0 saturated carbocycles. The number of aromatic nitrogens is 1. The van der Waals surface area contributed by atoms with E-state index in [2.05, 4.69) is 15.0 Å². The summed E-state index contributed by atoms with van der Waals surface area (Å²) in [5, 5.41) is 2.94. The Balaban J connectivity index is 2.53. The van der Waals surface area contributed by atoms with Crippen molar-refractivity contribution in [2.75, 3.05) is 18.5 Å². The van der Waals surface area contributed by atoms with Gasteiger partial charge in [0, 0.05) is 6.20 Å². The molecule has 86 valence electrons. The number of nitrogens with zero attached hydrogens (tertiary/aromatic N) is 1. The molecule has 1 aromatic rings. The molecule has 0 aliphatic rings. The maximum absolute atomic E-state index is 10.3. The van der Waals surface area contributed by atoms with Gasteiger partial charge in [0.1, 0.15) is 17.4 Å². The van der Waals surface area contributed by atoms with Crippen molar-refractivity contribution >= 4 is 29.1 Å². The van der Waals surface area contributed by atoms with E-state index in [1.165, 1.54) is 0 Å². The number of primary amides is 1. The first-order valence-electron chi connectivity index (χ1n) is 4.52. The second-order valence-corrected chi connectivity index (χ2v) is 3.30. The van der Waals surface area contributed by atoms with E-state index < -0.39 is 6.09 Å². The second-order valence-electron chi connectivity index (χ2n) is 2.86. The number of carbonyl (C=O) groups excluding carboxylic acids is 1. The molecule has 0 saturated heterocycles. The normalized spacial score (nSPS) is 9.50. The van der Waals surface area contributed by atoms with Crippen molar-refractivity contribution in [1.82, 2.24) is 4.98 Å². The first kappa shape index (κ1) is 12.2. The highest BCUT2D eigenvalue weighted by molar-refractivity contribution is 7.80. The molecule has 0 radical (unpaired) electrons. The van der Waals surface area contributed by atoms with Gasteiger partial charge in [0.25, 0.3) is 0 Å². The zero-order valence-electron chi connectivity index (χ0n) is 8.47. The minimum atomic E-state index is -0.808. The number of hydrogen-bond acceptors (Lipinski definition) is 5. The topological polar surface area (TPSA) is 103 Å². The third-order valence-electron chi connectivity index (χ3n) is 1.71. The van der Waals surface area contributed by atoms with E-state index in [9.17, 15) is 4.79 Å². The molecular formula is C9H12N4O2S. The molecule has 0 unspecified atom stereocenters. The van der Waals surface area contributed by atoms with Crippen LogP contribution in [-0.4, -0.2) is 29.2 Å². The van der Waals surface area contributed by atoms with E-state index in [1.807, 2.05) is 0 Å². The molecule has 5 N–H and O–H groups in total. The van der Waals surface area contributed by atoms with Crippen molar-refractivity contribution in [3.8, 4) is 0 Å². The maximum atomic E-state index is 10.3.